The Morgan fingerprint density at radius 1 is 0.923 bits per heavy atom. The fourth-order valence-corrected chi connectivity index (χ4v) is 7.96. The average Bonchev–Trinajstić information content (AvgIpc) is 3.94. The molecular formula is C42H47ClN4O5. The van der Waals surface area contributed by atoms with Gasteiger partial charge in [0.1, 0.15) is 11.3 Å². The molecule has 0 bridgehead atoms. The molecule has 0 radical (unpaired) electrons. The predicted octanol–water partition coefficient (Wildman–Crippen LogP) is 10.5. The first-order valence-corrected chi connectivity index (χ1v) is 19.3. The summed E-state index contributed by atoms with van der Waals surface area (Å²) in [6, 6.07) is 18.3. The Morgan fingerprint density at radius 3 is 2.46 bits per heavy atom. The van der Waals surface area contributed by atoms with E-state index in [0.29, 0.717) is 41.6 Å². The van der Waals surface area contributed by atoms with Gasteiger partial charge in [0.15, 0.2) is 11.5 Å². The lowest BCUT2D eigenvalue weighted by Gasteiger charge is -2.20. The number of hydrogen-bond acceptors (Lipinski definition) is 6. The highest BCUT2D eigenvalue weighted by Crippen LogP contribution is 2.51. The van der Waals surface area contributed by atoms with Crippen LogP contribution < -0.4 is 20.3 Å². The van der Waals surface area contributed by atoms with Gasteiger partial charge in [-0.05, 0) is 53.9 Å². The van der Waals surface area contributed by atoms with E-state index in [1.165, 1.54) is 38.5 Å². The number of aromatic nitrogens is 1. The fourth-order valence-electron chi connectivity index (χ4n) is 7.70. The van der Waals surface area contributed by atoms with Crippen molar-refractivity contribution in [2.45, 2.75) is 89.9 Å². The van der Waals surface area contributed by atoms with Crippen molar-refractivity contribution in [2.24, 2.45) is 0 Å². The average molecular weight is 723 g/mol. The number of alkyl halides is 1. The van der Waals surface area contributed by atoms with Gasteiger partial charge in [0.2, 0.25) is 0 Å². The number of nitrogens with zero attached hydrogens (tertiary/aromatic N) is 1. The van der Waals surface area contributed by atoms with Crippen LogP contribution in [0.3, 0.4) is 0 Å². The number of anilines is 3. The number of benzene rings is 3. The van der Waals surface area contributed by atoms with Gasteiger partial charge in [0, 0.05) is 65.3 Å². The Labute approximate surface area is 309 Å². The molecule has 2 aromatic heterocycles. The molecule has 3 N–H and O–H groups in total. The third-order valence-corrected chi connectivity index (χ3v) is 10.8. The molecule has 0 spiro atoms. The van der Waals surface area contributed by atoms with Crippen LogP contribution >= 0.6 is 11.6 Å². The molecule has 5 aromatic rings. The van der Waals surface area contributed by atoms with E-state index < -0.39 is 0 Å². The van der Waals surface area contributed by atoms with Gasteiger partial charge in [0.05, 0.1) is 11.4 Å². The van der Waals surface area contributed by atoms with Crippen molar-refractivity contribution in [1.82, 2.24) is 4.98 Å². The monoisotopic (exact) mass is 722 g/mol. The van der Waals surface area contributed by atoms with E-state index in [1.54, 1.807) is 23.1 Å². The second-order valence-corrected chi connectivity index (χ2v) is 14.6. The van der Waals surface area contributed by atoms with Crippen molar-refractivity contribution >= 4 is 68.3 Å². The van der Waals surface area contributed by atoms with Crippen LogP contribution in [0, 0.1) is 0 Å². The van der Waals surface area contributed by atoms with Crippen LogP contribution in [-0.2, 0) is 4.79 Å². The summed E-state index contributed by atoms with van der Waals surface area (Å²) in [7, 11) is 0. The molecule has 2 amide bonds. The van der Waals surface area contributed by atoms with E-state index in [2.05, 4.69) is 29.5 Å². The summed E-state index contributed by atoms with van der Waals surface area (Å²) in [5, 5.41) is 8.00. The molecule has 272 valence electrons. The molecule has 10 heteroatoms. The number of ether oxygens (including phenoxy) is 1. The fraction of sp³-hybridized carbons (Fsp3) is 0.405. The van der Waals surface area contributed by atoms with Gasteiger partial charge in [-0.25, -0.2) is 0 Å². The minimum Gasteiger partial charge on any atom is -0.451 e. The number of halogens is 1. The number of carbonyl (C=O) groups is 3. The minimum atomic E-state index is -0.357. The third kappa shape index (κ3) is 7.42. The maximum absolute atomic E-state index is 14.2. The number of hydrogen-bond donors (Lipinski definition) is 3. The Bertz CT molecular complexity index is 2070. The summed E-state index contributed by atoms with van der Waals surface area (Å²) in [4.78, 5) is 45.3. The topological polar surface area (TPSA) is 117 Å². The number of rotatable bonds is 15. The Balaban J connectivity index is 1.06. The molecular weight excluding hydrogens is 676 g/mol. The minimum absolute atomic E-state index is 0.0621. The molecule has 2 aliphatic heterocycles. The van der Waals surface area contributed by atoms with Crippen LogP contribution in [0.2, 0.25) is 0 Å². The van der Waals surface area contributed by atoms with Gasteiger partial charge in [0.25, 0.3) is 11.8 Å². The van der Waals surface area contributed by atoms with Crippen molar-refractivity contribution in [1.29, 1.82) is 0 Å². The molecule has 0 saturated carbocycles. The summed E-state index contributed by atoms with van der Waals surface area (Å²) in [5.74, 6) is 0.331. The van der Waals surface area contributed by atoms with E-state index in [1.807, 2.05) is 42.5 Å². The molecule has 2 aliphatic rings. The van der Waals surface area contributed by atoms with Crippen molar-refractivity contribution in [3.63, 3.8) is 0 Å². The molecule has 3 aromatic carbocycles. The van der Waals surface area contributed by atoms with E-state index in [0.717, 1.165) is 64.6 Å². The zero-order valence-electron chi connectivity index (χ0n) is 30.0. The number of para-hydroxylation sites is 1. The van der Waals surface area contributed by atoms with Gasteiger partial charge in [-0.15, -0.1) is 11.6 Å². The molecule has 1 unspecified atom stereocenters. The molecule has 9 nitrogen and oxygen atoms in total. The lowest BCUT2D eigenvalue weighted by molar-refractivity contribution is -0.134. The summed E-state index contributed by atoms with van der Waals surface area (Å²) in [5.41, 5.74) is 6.07. The standard InChI is InChI=1S/C42H47ClN4O5/c1-3-4-5-6-7-8-9-10-11-16-37(48)52-35-22-33-39(38-26(2)24-44-40(35)38)29(23-43)25-47(33)42(50)32-20-28-19-30(17-18-31(28)46-32)45-41(49)36-21-27-14-12-13-15-34(27)51-36/h12-15,17-22,26,29,44,46H,3-11,16,23-25H2,1-2H3,(H,45,49)/t26?,29-/m1/s1. The second kappa shape index (κ2) is 15.9. The van der Waals surface area contributed by atoms with E-state index in [-0.39, 0.29) is 35.4 Å². The molecule has 52 heavy (non-hydrogen) atoms. The maximum Gasteiger partial charge on any atom is 0.311 e. The van der Waals surface area contributed by atoms with Crippen molar-refractivity contribution in [3.8, 4) is 5.75 Å². The highest BCUT2D eigenvalue weighted by atomic mass is 35.5. The largest absolute Gasteiger partial charge is 0.451 e. The number of amides is 2. The number of furan rings is 1. The van der Waals surface area contributed by atoms with E-state index in [4.69, 9.17) is 20.8 Å². The van der Waals surface area contributed by atoms with Crippen LogP contribution in [0.25, 0.3) is 21.9 Å². The zero-order valence-corrected chi connectivity index (χ0v) is 30.7. The number of esters is 1. The molecule has 4 heterocycles. The molecule has 0 saturated heterocycles. The number of carbonyl (C=O) groups excluding carboxylic acids is 3. The maximum atomic E-state index is 14.2. The normalized spacial score (nSPS) is 16.2. The first-order valence-electron chi connectivity index (χ1n) is 18.8. The van der Waals surface area contributed by atoms with Gasteiger partial charge in [-0.2, -0.15) is 0 Å². The third-order valence-electron chi connectivity index (χ3n) is 10.4. The predicted molar refractivity (Wildman–Crippen MR) is 208 cm³/mol. The van der Waals surface area contributed by atoms with Crippen LogP contribution in [-0.4, -0.2) is 41.7 Å². The number of H-pyrrole nitrogens is 1. The van der Waals surface area contributed by atoms with Gasteiger partial charge in [-0.3, -0.25) is 14.4 Å². The summed E-state index contributed by atoms with van der Waals surface area (Å²) < 4.78 is 11.8. The lowest BCUT2D eigenvalue weighted by Crippen LogP contribution is -2.30. The Hall–Kier alpha value is -4.76. The van der Waals surface area contributed by atoms with Crippen LogP contribution in [0.4, 0.5) is 17.1 Å². The van der Waals surface area contributed by atoms with Crippen molar-refractivity contribution < 1.29 is 23.5 Å². The summed E-state index contributed by atoms with van der Waals surface area (Å²) >= 11 is 6.55. The van der Waals surface area contributed by atoms with Crippen LogP contribution in [0.5, 0.6) is 5.75 Å². The molecule has 0 aliphatic carbocycles. The van der Waals surface area contributed by atoms with Crippen molar-refractivity contribution in [2.75, 3.05) is 34.5 Å². The first-order chi connectivity index (χ1) is 25.3. The van der Waals surface area contributed by atoms with Crippen molar-refractivity contribution in [3.05, 3.63) is 83.2 Å². The summed E-state index contributed by atoms with van der Waals surface area (Å²) in [6.07, 6.45) is 10.9. The highest BCUT2D eigenvalue weighted by Gasteiger charge is 2.40. The molecule has 0 fully saturated rings. The Kier molecular flexibility index (Phi) is 10.9. The number of nitrogens with one attached hydrogen (secondary N) is 3. The van der Waals surface area contributed by atoms with Gasteiger partial charge in [-0.1, -0.05) is 83.4 Å². The summed E-state index contributed by atoms with van der Waals surface area (Å²) in [6.45, 7) is 5.51. The quantitative estimate of drug-likeness (QED) is 0.0429. The van der Waals surface area contributed by atoms with E-state index >= 15 is 0 Å². The smallest absolute Gasteiger partial charge is 0.311 e. The molecule has 2 atom stereocenters. The number of aromatic amines is 1. The second-order valence-electron chi connectivity index (χ2n) is 14.3. The van der Waals surface area contributed by atoms with E-state index in [9.17, 15) is 14.4 Å². The molecule has 7 rings (SSSR count). The lowest BCUT2D eigenvalue weighted by atomic mass is 9.90. The van der Waals surface area contributed by atoms with Gasteiger partial charge < -0.3 is 29.7 Å². The Morgan fingerprint density at radius 2 is 1.69 bits per heavy atom. The zero-order chi connectivity index (χ0) is 36.2. The van der Waals surface area contributed by atoms with Gasteiger partial charge >= 0.3 is 5.97 Å². The van der Waals surface area contributed by atoms with Crippen LogP contribution in [0.15, 0.2) is 65.1 Å². The SMILES string of the molecule is CCCCCCCCCCCC(=O)Oc1cc2c(c3c1NCC3C)[C@H](CCl)CN2C(=O)c1cc2cc(NC(=O)c3cc4ccccc4o3)ccc2[nH]1. The number of fused-ring (bicyclic) bond motifs is 5. The van der Waals surface area contributed by atoms with Crippen LogP contribution in [0.1, 0.15) is 122 Å². The highest BCUT2D eigenvalue weighted by molar-refractivity contribution is 6.19. The number of unbranched alkanes of at least 4 members (excludes halogenated alkanes) is 8. The first kappa shape index (κ1) is 35.6.